The summed E-state index contributed by atoms with van der Waals surface area (Å²) in [6.07, 6.45) is 5.90. The van der Waals surface area contributed by atoms with Gasteiger partial charge >= 0.3 is 0 Å². The summed E-state index contributed by atoms with van der Waals surface area (Å²) in [4.78, 5) is 4.29. The molecular weight excluding hydrogens is 312 g/mol. The average Bonchev–Trinajstić information content (AvgIpc) is 2.45. The van der Waals surface area contributed by atoms with Gasteiger partial charge in [-0.15, -0.1) is 0 Å². The van der Waals surface area contributed by atoms with Crippen LogP contribution in [0.2, 0.25) is 0 Å². The molecule has 0 amide bonds. The van der Waals surface area contributed by atoms with Crippen LogP contribution >= 0.6 is 15.9 Å². The first-order chi connectivity index (χ1) is 9.70. The second-order valence-corrected chi connectivity index (χ2v) is 5.99. The van der Waals surface area contributed by atoms with Gasteiger partial charge in [0.05, 0.1) is 0 Å². The molecular formula is C17H21BrN2. The van der Waals surface area contributed by atoms with E-state index in [1.54, 1.807) is 0 Å². The summed E-state index contributed by atoms with van der Waals surface area (Å²) >= 11 is 3.51. The fraction of sp³-hybridized carbons (Fsp3) is 0.353. The van der Waals surface area contributed by atoms with Gasteiger partial charge in [-0.25, -0.2) is 0 Å². The van der Waals surface area contributed by atoms with Gasteiger partial charge in [0.2, 0.25) is 0 Å². The quantitative estimate of drug-likeness (QED) is 0.846. The SMILES string of the molecule is CCCNC(Cc1ccccc1C)c1cncc(Br)c1. The second kappa shape index (κ2) is 7.55. The molecule has 20 heavy (non-hydrogen) atoms. The molecule has 0 saturated carbocycles. The van der Waals surface area contributed by atoms with Gasteiger partial charge in [-0.3, -0.25) is 4.98 Å². The number of hydrogen-bond donors (Lipinski definition) is 1. The van der Waals surface area contributed by atoms with Crippen molar-refractivity contribution in [3.05, 3.63) is 63.9 Å². The zero-order valence-corrected chi connectivity index (χ0v) is 13.7. The van der Waals surface area contributed by atoms with Crippen molar-refractivity contribution >= 4 is 15.9 Å². The number of aryl methyl sites for hydroxylation is 1. The van der Waals surface area contributed by atoms with Crippen molar-refractivity contribution in [3.63, 3.8) is 0 Å². The molecule has 0 radical (unpaired) electrons. The van der Waals surface area contributed by atoms with E-state index in [9.17, 15) is 0 Å². The molecule has 0 aliphatic rings. The van der Waals surface area contributed by atoms with Crippen molar-refractivity contribution in [1.29, 1.82) is 0 Å². The van der Waals surface area contributed by atoms with Crippen molar-refractivity contribution in [3.8, 4) is 0 Å². The van der Waals surface area contributed by atoms with Gasteiger partial charge in [-0.1, -0.05) is 31.2 Å². The first-order valence-electron chi connectivity index (χ1n) is 7.09. The lowest BCUT2D eigenvalue weighted by molar-refractivity contribution is 0.527. The van der Waals surface area contributed by atoms with E-state index >= 15 is 0 Å². The van der Waals surface area contributed by atoms with Crippen LogP contribution in [0.15, 0.2) is 47.2 Å². The van der Waals surface area contributed by atoms with Gasteiger partial charge < -0.3 is 5.32 Å². The third kappa shape index (κ3) is 4.15. The number of hydrogen-bond acceptors (Lipinski definition) is 2. The van der Waals surface area contributed by atoms with Gasteiger partial charge in [-0.2, -0.15) is 0 Å². The van der Waals surface area contributed by atoms with Crippen LogP contribution in [0.25, 0.3) is 0 Å². The third-order valence-electron chi connectivity index (χ3n) is 3.45. The van der Waals surface area contributed by atoms with Crippen LogP contribution in [0.5, 0.6) is 0 Å². The Morgan fingerprint density at radius 1 is 1.25 bits per heavy atom. The molecule has 1 aromatic heterocycles. The molecule has 1 aromatic carbocycles. The molecule has 0 fully saturated rings. The highest BCUT2D eigenvalue weighted by molar-refractivity contribution is 9.10. The number of benzene rings is 1. The van der Waals surface area contributed by atoms with Crippen molar-refractivity contribution in [2.45, 2.75) is 32.7 Å². The van der Waals surface area contributed by atoms with Gasteiger partial charge in [0.25, 0.3) is 0 Å². The third-order valence-corrected chi connectivity index (χ3v) is 3.89. The molecule has 0 spiro atoms. The predicted molar refractivity (Wildman–Crippen MR) is 87.9 cm³/mol. The van der Waals surface area contributed by atoms with E-state index < -0.39 is 0 Å². The van der Waals surface area contributed by atoms with Crippen LogP contribution in [0, 0.1) is 6.92 Å². The Labute approximate surface area is 129 Å². The molecule has 0 aliphatic carbocycles. The summed E-state index contributed by atoms with van der Waals surface area (Å²) in [7, 11) is 0. The van der Waals surface area contributed by atoms with Crippen LogP contribution in [0.1, 0.15) is 36.1 Å². The topological polar surface area (TPSA) is 24.9 Å². The monoisotopic (exact) mass is 332 g/mol. The Kier molecular flexibility index (Phi) is 5.74. The average molecular weight is 333 g/mol. The minimum atomic E-state index is 0.307. The zero-order valence-electron chi connectivity index (χ0n) is 12.1. The Bertz CT molecular complexity index is 554. The van der Waals surface area contributed by atoms with Crippen LogP contribution in [-0.4, -0.2) is 11.5 Å². The molecule has 0 aliphatic heterocycles. The predicted octanol–water partition coefficient (Wildman–Crippen LogP) is 4.44. The summed E-state index contributed by atoms with van der Waals surface area (Å²) in [6, 6.07) is 11.0. The maximum absolute atomic E-state index is 4.29. The van der Waals surface area contributed by atoms with E-state index in [-0.39, 0.29) is 0 Å². The van der Waals surface area contributed by atoms with Crippen LogP contribution in [0.3, 0.4) is 0 Å². The fourth-order valence-electron chi connectivity index (χ4n) is 2.30. The molecule has 1 atom stereocenters. The van der Waals surface area contributed by atoms with E-state index in [1.807, 2.05) is 12.4 Å². The van der Waals surface area contributed by atoms with E-state index in [2.05, 4.69) is 70.4 Å². The lowest BCUT2D eigenvalue weighted by Crippen LogP contribution is -2.24. The molecule has 0 bridgehead atoms. The van der Waals surface area contributed by atoms with E-state index in [0.29, 0.717) is 6.04 Å². The lowest BCUT2D eigenvalue weighted by Gasteiger charge is -2.20. The summed E-state index contributed by atoms with van der Waals surface area (Å²) in [5, 5.41) is 3.63. The zero-order chi connectivity index (χ0) is 14.4. The van der Waals surface area contributed by atoms with Gasteiger partial charge in [-0.05, 0) is 65.0 Å². The Morgan fingerprint density at radius 3 is 2.75 bits per heavy atom. The Balaban J connectivity index is 2.21. The molecule has 0 saturated heterocycles. The van der Waals surface area contributed by atoms with E-state index in [4.69, 9.17) is 0 Å². The molecule has 2 nitrogen and oxygen atoms in total. The number of nitrogens with one attached hydrogen (secondary N) is 1. The second-order valence-electron chi connectivity index (χ2n) is 5.07. The van der Waals surface area contributed by atoms with Crippen LogP contribution in [0.4, 0.5) is 0 Å². The van der Waals surface area contributed by atoms with Gasteiger partial charge in [0, 0.05) is 22.9 Å². The van der Waals surface area contributed by atoms with Gasteiger partial charge in [0.1, 0.15) is 0 Å². The number of nitrogens with zero attached hydrogens (tertiary/aromatic N) is 1. The molecule has 106 valence electrons. The van der Waals surface area contributed by atoms with Crippen molar-refractivity contribution in [1.82, 2.24) is 10.3 Å². The van der Waals surface area contributed by atoms with Gasteiger partial charge in [0.15, 0.2) is 0 Å². The maximum atomic E-state index is 4.29. The highest BCUT2D eigenvalue weighted by Gasteiger charge is 2.13. The number of halogens is 1. The summed E-state index contributed by atoms with van der Waals surface area (Å²) in [6.45, 7) is 5.38. The van der Waals surface area contributed by atoms with Crippen LogP contribution in [-0.2, 0) is 6.42 Å². The number of aromatic nitrogens is 1. The largest absolute Gasteiger partial charge is 0.310 e. The standard InChI is InChI=1S/C17H21BrN2/c1-3-8-20-17(15-9-16(18)12-19-11-15)10-14-7-5-4-6-13(14)2/h4-7,9,11-12,17,20H,3,8,10H2,1-2H3. The number of pyridine rings is 1. The van der Waals surface area contributed by atoms with E-state index in [0.717, 1.165) is 23.9 Å². The first kappa shape index (κ1) is 15.2. The molecule has 1 unspecified atom stereocenters. The normalized spacial score (nSPS) is 12.3. The highest BCUT2D eigenvalue weighted by atomic mass is 79.9. The molecule has 1 heterocycles. The van der Waals surface area contributed by atoms with E-state index in [1.165, 1.54) is 16.7 Å². The lowest BCUT2D eigenvalue weighted by atomic mass is 9.97. The highest BCUT2D eigenvalue weighted by Crippen LogP contribution is 2.22. The summed E-state index contributed by atoms with van der Waals surface area (Å²) in [5.41, 5.74) is 3.97. The van der Waals surface area contributed by atoms with Crippen molar-refractivity contribution in [2.75, 3.05) is 6.54 Å². The molecule has 3 heteroatoms. The molecule has 2 aromatic rings. The Morgan fingerprint density at radius 2 is 2.05 bits per heavy atom. The number of rotatable bonds is 6. The molecule has 2 rings (SSSR count). The smallest absolute Gasteiger partial charge is 0.0410 e. The van der Waals surface area contributed by atoms with Crippen LogP contribution < -0.4 is 5.32 Å². The summed E-state index contributed by atoms with van der Waals surface area (Å²) < 4.78 is 1.03. The maximum Gasteiger partial charge on any atom is 0.0410 e. The van der Waals surface area contributed by atoms with Crippen molar-refractivity contribution < 1.29 is 0 Å². The summed E-state index contributed by atoms with van der Waals surface area (Å²) in [5.74, 6) is 0. The first-order valence-corrected chi connectivity index (χ1v) is 7.88. The fourth-order valence-corrected chi connectivity index (χ4v) is 2.69. The minimum Gasteiger partial charge on any atom is -0.310 e. The molecule has 1 N–H and O–H groups in total. The van der Waals surface area contributed by atoms with Crippen molar-refractivity contribution in [2.24, 2.45) is 0 Å². The Hall–Kier alpha value is -1.19. The minimum absolute atomic E-state index is 0.307.